The van der Waals surface area contributed by atoms with Gasteiger partial charge in [-0.25, -0.2) is 0 Å². The largest absolute Gasteiger partial charge is 0.508 e. The van der Waals surface area contributed by atoms with Crippen LogP contribution >= 0.6 is 12.4 Å². The molecular weight excluding hydrogens is 372 g/mol. The van der Waals surface area contributed by atoms with Crippen LogP contribution in [0.2, 0.25) is 0 Å². The second kappa shape index (κ2) is 8.07. The summed E-state index contributed by atoms with van der Waals surface area (Å²) < 4.78 is 0. The number of hydrogen-bond acceptors (Lipinski definition) is 3. The number of benzene rings is 4. The van der Waals surface area contributed by atoms with Gasteiger partial charge >= 0.3 is 0 Å². The summed E-state index contributed by atoms with van der Waals surface area (Å²) in [6.45, 7) is 0. The van der Waals surface area contributed by atoms with E-state index in [0.29, 0.717) is 0 Å². The third-order valence-corrected chi connectivity index (χ3v) is 4.51. The van der Waals surface area contributed by atoms with Gasteiger partial charge in [0.05, 0.1) is 0 Å². The van der Waals surface area contributed by atoms with Gasteiger partial charge in [-0.2, -0.15) is 0 Å². The Balaban J connectivity index is 0.00000225. The quantitative estimate of drug-likeness (QED) is 0.388. The standard InChI is InChI=1S/C24H18O3.ClH/c25-19-8-1-5-16(13-19)22-11-4-12-23(17-6-2-9-20(26)14-17)24(22)18-7-3-10-21(27)15-18;/h1-15,25-27H;1H. The van der Waals surface area contributed by atoms with Crippen molar-refractivity contribution in [2.45, 2.75) is 0 Å². The highest BCUT2D eigenvalue weighted by molar-refractivity contribution is 5.95. The molecule has 0 radical (unpaired) electrons. The normalized spacial score (nSPS) is 10.3. The molecule has 0 unspecified atom stereocenters. The van der Waals surface area contributed by atoms with Gasteiger partial charge in [0, 0.05) is 0 Å². The topological polar surface area (TPSA) is 60.7 Å². The van der Waals surface area contributed by atoms with Crippen molar-refractivity contribution < 1.29 is 15.3 Å². The Labute approximate surface area is 169 Å². The maximum absolute atomic E-state index is 10.0. The van der Waals surface area contributed by atoms with E-state index in [2.05, 4.69) is 0 Å². The number of phenols is 3. The second-order valence-electron chi connectivity index (χ2n) is 6.38. The molecule has 28 heavy (non-hydrogen) atoms. The predicted molar refractivity (Wildman–Crippen MR) is 115 cm³/mol. The molecule has 0 spiro atoms. The lowest BCUT2D eigenvalue weighted by atomic mass is 9.87. The van der Waals surface area contributed by atoms with Crippen molar-refractivity contribution in [3.63, 3.8) is 0 Å². The maximum atomic E-state index is 10.0. The lowest BCUT2D eigenvalue weighted by molar-refractivity contribution is 0.475. The van der Waals surface area contributed by atoms with Crippen molar-refractivity contribution in [2.75, 3.05) is 0 Å². The molecule has 0 aliphatic rings. The zero-order valence-electron chi connectivity index (χ0n) is 14.9. The summed E-state index contributed by atoms with van der Waals surface area (Å²) >= 11 is 0. The predicted octanol–water partition coefficient (Wildman–Crippen LogP) is 6.23. The van der Waals surface area contributed by atoms with E-state index in [-0.39, 0.29) is 29.7 Å². The van der Waals surface area contributed by atoms with Crippen molar-refractivity contribution >= 4 is 12.4 Å². The molecule has 0 aromatic heterocycles. The fraction of sp³-hybridized carbons (Fsp3) is 0. The van der Waals surface area contributed by atoms with E-state index in [1.165, 1.54) is 0 Å². The van der Waals surface area contributed by atoms with Gasteiger partial charge in [-0.1, -0.05) is 54.6 Å². The molecule has 140 valence electrons. The van der Waals surface area contributed by atoms with Crippen LogP contribution in [0.1, 0.15) is 0 Å². The molecule has 0 bridgehead atoms. The van der Waals surface area contributed by atoms with Gasteiger partial charge in [0.1, 0.15) is 17.2 Å². The Morgan fingerprint density at radius 2 is 0.786 bits per heavy atom. The molecule has 0 aliphatic carbocycles. The summed E-state index contributed by atoms with van der Waals surface area (Å²) in [5.41, 5.74) is 5.37. The van der Waals surface area contributed by atoms with E-state index in [4.69, 9.17) is 0 Å². The maximum Gasteiger partial charge on any atom is 0.116 e. The monoisotopic (exact) mass is 390 g/mol. The highest BCUT2D eigenvalue weighted by Crippen LogP contribution is 2.41. The van der Waals surface area contributed by atoms with Gasteiger partial charge in [0.25, 0.3) is 0 Å². The Hall–Kier alpha value is -3.43. The van der Waals surface area contributed by atoms with Crippen molar-refractivity contribution in [1.29, 1.82) is 0 Å². The van der Waals surface area contributed by atoms with Gasteiger partial charge in [-0.15, -0.1) is 12.4 Å². The number of rotatable bonds is 3. The van der Waals surface area contributed by atoms with Crippen LogP contribution in [-0.4, -0.2) is 15.3 Å². The molecule has 0 fully saturated rings. The Morgan fingerprint density at radius 1 is 0.429 bits per heavy atom. The Bertz CT molecular complexity index is 1060. The number of phenolic OH excluding ortho intramolecular Hbond substituents is 3. The van der Waals surface area contributed by atoms with Crippen LogP contribution in [0, 0.1) is 0 Å². The lowest BCUT2D eigenvalue weighted by Gasteiger charge is -2.17. The molecule has 0 heterocycles. The summed E-state index contributed by atoms with van der Waals surface area (Å²) in [7, 11) is 0. The highest BCUT2D eigenvalue weighted by Gasteiger charge is 2.15. The Kier molecular flexibility index (Phi) is 5.57. The minimum absolute atomic E-state index is 0. The van der Waals surface area contributed by atoms with E-state index in [9.17, 15) is 15.3 Å². The van der Waals surface area contributed by atoms with Crippen LogP contribution in [0.15, 0.2) is 91.0 Å². The highest BCUT2D eigenvalue weighted by atomic mass is 35.5. The average Bonchev–Trinajstić information content (AvgIpc) is 2.67. The van der Waals surface area contributed by atoms with Crippen molar-refractivity contribution in [3.8, 4) is 50.6 Å². The fourth-order valence-electron chi connectivity index (χ4n) is 3.35. The van der Waals surface area contributed by atoms with E-state index in [1.807, 2.05) is 36.4 Å². The summed E-state index contributed by atoms with van der Waals surface area (Å²) in [6, 6.07) is 27.2. The number of hydrogen-bond donors (Lipinski definition) is 3. The molecule has 0 amide bonds. The van der Waals surface area contributed by atoms with E-state index in [0.717, 1.165) is 33.4 Å². The van der Waals surface area contributed by atoms with Gasteiger partial charge in [0.15, 0.2) is 0 Å². The van der Waals surface area contributed by atoms with Crippen LogP contribution in [0.3, 0.4) is 0 Å². The molecule has 4 heteroatoms. The fourth-order valence-corrected chi connectivity index (χ4v) is 3.35. The van der Waals surface area contributed by atoms with Crippen LogP contribution in [0.4, 0.5) is 0 Å². The minimum atomic E-state index is 0. The van der Waals surface area contributed by atoms with Crippen molar-refractivity contribution in [1.82, 2.24) is 0 Å². The number of halogens is 1. The first kappa shape index (κ1) is 19.3. The molecule has 0 aliphatic heterocycles. The van der Waals surface area contributed by atoms with Crippen LogP contribution in [-0.2, 0) is 0 Å². The van der Waals surface area contributed by atoms with Crippen LogP contribution < -0.4 is 0 Å². The molecule has 4 aromatic carbocycles. The van der Waals surface area contributed by atoms with E-state index in [1.54, 1.807) is 54.6 Å². The SMILES string of the molecule is Cl.Oc1cccc(-c2cccc(-c3cccc(O)c3)c2-c2cccc(O)c2)c1. The first-order valence-corrected chi connectivity index (χ1v) is 8.63. The summed E-state index contributed by atoms with van der Waals surface area (Å²) in [5.74, 6) is 0.564. The zero-order chi connectivity index (χ0) is 18.8. The molecule has 3 nitrogen and oxygen atoms in total. The Morgan fingerprint density at radius 3 is 1.21 bits per heavy atom. The molecule has 4 aromatic rings. The second-order valence-corrected chi connectivity index (χ2v) is 6.38. The summed E-state index contributed by atoms with van der Waals surface area (Å²) in [4.78, 5) is 0. The van der Waals surface area contributed by atoms with Gasteiger partial charge in [-0.3, -0.25) is 0 Å². The molecular formula is C24H19ClO3. The third kappa shape index (κ3) is 3.80. The number of aromatic hydroxyl groups is 3. The van der Waals surface area contributed by atoms with Gasteiger partial charge in [0.2, 0.25) is 0 Å². The zero-order valence-corrected chi connectivity index (χ0v) is 15.7. The van der Waals surface area contributed by atoms with Crippen molar-refractivity contribution in [3.05, 3.63) is 91.0 Å². The van der Waals surface area contributed by atoms with Crippen LogP contribution in [0.25, 0.3) is 33.4 Å². The van der Waals surface area contributed by atoms with Gasteiger partial charge < -0.3 is 15.3 Å². The summed E-state index contributed by atoms with van der Waals surface area (Å²) in [6.07, 6.45) is 0. The van der Waals surface area contributed by atoms with Crippen molar-refractivity contribution in [2.24, 2.45) is 0 Å². The molecule has 4 rings (SSSR count). The van der Waals surface area contributed by atoms with Gasteiger partial charge in [-0.05, 0) is 69.8 Å². The molecule has 0 saturated heterocycles. The third-order valence-electron chi connectivity index (χ3n) is 4.51. The lowest BCUT2D eigenvalue weighted by Crippen LogP contribution is -1.90. The first-order chi connectivity index (χ1) is 13.1. The average molecular weight is 391 g/mol. The minimum Gasteiger partial charge on any atom is -0.508 e. The van der Waals surface area contributed by atoms with Crippen LogP contribution in [0.5, 0.6) is 17.2 Å². The van der Waals surface area contributed by atoms with E-state index >= 15 is 0 Å². The van der Waals surface area contributed by atoms with E-state index < -0.39 is 0 Å². The summed E-state index contributed by atoms with van der Waals surface area (Å²) in [5, 5.41) is 29.9. The smallest absolute Gasteiger partial charge is 0.116 e. The molecule has 0 saturated carbocycles. The molecule has 3 N–H and O–H groups in total. The first-order valence-electron chi connectivity index (χ1n) is 8.63. The molecule has 0 atom stereocenters.